The third-order valence-corrected chi connectivity index (χ3v) is 13.9. The van der Waals surface area contributed by atoms with Gasteiger partial charge in [-0.25, -0.2) is 0 Å². The second-order valence-corrected chi connectivity index (χ2v) is 18.7. The maximum atomic E-state index is 14.1. The summed E-state index contributed by atoms with van der Waals surface area (Å²) in [4.78, 5) is 99.8. The molecular weight excluding hydrogens is 831 g/mol. The van der Waals surface area contributed by atoms with Crippen LogP contribution in [0, 0.1) is 11.8 Å². The van der Waals surface area contributed by atoms with Gasteiger partial charge in [-0.1, -0.05) is 70.9 Å². The average Bonchev–Trinajstić information content (AvgIpc) is 3.99. The number of benzene rings is 1. The topological polar surface area (TPSA) is 187 Å². The minimum atomic E-state index is -0.821. The van der Waals surface area contributed by atoms with Gasteiger partial charge in [0.05, 0.1) is 35.7 Å². The Morgan fingerprint density at radius 1 is 0.862 bits per heavy atom. The Morgan fingerprint density at radius 3 is 2.14 bits per heavy atom. The van der Waals surface area contributed by atoms with Crippen molar-refractivity contribution in [3.05, 3.63) is 48.0 Å². The minimum Gasteiger partial charge on any atom is -0.379 e. The van der Waals surface area contributed by atoms with Crippen LogP contribution in [0.1, 0.15) is 104 Å². The molecule has 0 saturated carbocycles. The highest BCUT2D eigenvalue weighted by Gasteiger charge is 2.45. The third-order valence-electron chi connectivity index (χ3n) is 13.9. The standard InChI is InChI=1S/C49H77N7O9/c1-10-38(57)43(54(7)42(33(2)3)47(62)52-48(63)49(5)26-19-28-53(49)6)39(64-8)25-31-55-29-18-22-37(55)44(65-9)34(4)45(60)51-36(32-35-20-14-13-15-21-35)46(61)50-27-16-11-12-17-30-56-40(58)23-24-41(56)59/h13-15,20-21,23-24,33-34,36-37,39,42-44H,10-12,16-19,22,25-32H2,1-9H3,(H,50,61)(H,51,60)(H,52,62,63)/t34?,36?,37?,39-,42-,43-,44-,49+/m1/s1. The molecule has 65 heavy (non-hydrogen) atoms. The zero-order valence-electron chi connectivity index (χ0n) is 40.4. The van der Waals surface area contributed by atoms with Gasteiger partial charge in [-0.2, -0.15) is 0 Å². The van der Waals surface area contributed by atoms with E-state index in [1.807, 2.05) is 70.0 Å². The predicted octanol–water partition coefficient (Wildman–Crippen LogP) is 3.27. The number of rotatable bonds is 27. The van der Waals surface area contributed by atoms with Crippen molar-refractivity contribution in [2.45, 2.75) is 147 Å². The van der Waals surface area contributed by atoms with E-state index in [1.54, 1.807) is 33.1 Å². The third kappa shape index (κ3) is 14.1. The Balaban J connectivity index is 1.38. The lowest BCUT2D eigenvalue weighted by Gasteiger charge is -2.40. The van der Waals surface area contributed by atoms with Crippen molar-refractivity contribution in [1.82, 2.24) is 35.6 Å². The summed E-state index contributed by atoms with van der Waals surface area (Å²) >= 11 is 0. The van der Waals surface area contributed by atoms with Crippen molar-refractivity contribution in [1.29, 1.82) is 0 Å². The van der Waals surface area contributed by atoms with E-state index in [9.17, 15) is 33.6 Å². The van der Waals surface area contributed by atoms with Crippen LogP contribution in [0.25, 0.3) is 0 Å². The van der Waals surface area contributed by atoms with Gasteiger partial charge < -0.3 is 20.1 Å². The van der Waals surface area contributed by atoms with E-state index >= 15 is 0 Å². The molecule has 2 fully saturated rings. The number of imide groups is 2. The van der Waals surface area contributed by atoms with Crippen LogP contribution in [-0.2, 0) is 49.5 Å². The van der Waals surface area contributed by atoms with Gasteiger partial charge in [0.1, 0.15) is 6.04 Å². The Hall–Kier alpha value is -4.35. The molecule has 4 rings (SSSR count). The van der Waals surface area contributed by atoms with E-state index in [1.165, 1.54) is 17.1 Å². The molecule has 3 heterocycles. The van der Waals surface area contributed by atoms with Crippen LogP contribution in [0.3, 0.4) is 0 Å². The molecule has 0 radical (unpaired) electrons. The van der Waals surface area contributed by atoms with Crippen molar-refractivity contribution < 1.29 is 43.0 Å². The number of methoxy groups -OCH3 is 2. The number of ketones is 1. The van der Waals surface area contributed by atoms with Crippen molar-refractivity contribution >= 4 is 41.2 Å². The number of unbranched alkanes of at least 4 members (excludes halogenated alkanes) is 3. The summed E-state index contributed by atoms with van der Waals surface area (Å²) in [6.45, 7) is 12.2. The molecule has 3 unspecified atom stereocenters. The van der Waals surface area contributed by atoms with Crippen molar-refractivity contribution in [2.75, 3.05) is 61.0 Å². The van der Waals surface area contributed by atoms with Crippen LogP contribution in [0.15, 0.2) is 42.5 Å². The summed E-state index contributed by atoms with van der Waals surface area (Å²) < 4.78 is 12.2. The molecule has 16 heteroatoms. The average molecular weight is 908 g/mol. The summed E-state index contributed by atoms with van der Waals surface area (Å²) in [6.07, 6.45) is 8.70. The van der Waals surface area contributed by atoms with Crippen LogP contribution in [0.2, 0.25) is 0 Å². The molecule has 0 spiro atoms. The van der Waals surface area contributed by atoms with E-state index in [4.69, 9.17) is 9.47 Å². The summed E-state index contributed by atoms with van der Waals surface area (Å²) in [7, 11) is 6.84. The number of carbonyl (C=O) groups excluding carboxylic acids is 7. The lowest BCUT2D eigenvalue weighted by Crippen LogP contribution is -2.61. The SMILES string of the molecule is CCC(=O)[C@H]([C@@H](CCN1CCCC1[C@H](OC)C(C)C(=O)NC(Cc1ccccc1)C(=O)NCCCCCCN1C(=O)C=CC1=O)OC)N(C)[C@@H](C(=O)NC(=O)[C@]1(C)CCCN1C)C(C)C. The molecule has 3 aliphatic heterocycles. The Labute approximate surface area is 386 Å². The minimum absolute atomic E-state index is 0.0675. The molecule has 0 aliphatic carbocycles. The first-order valence-electron chi connectivity index (χ1n) is 23.7. The first kappa shape index (κ1) is 53.3. The molecule has 3 aliphatic rings. The zero-order chi connectivity index (χ0) is 47.8. The van der Waals surface area contributed by atoms with Gasteiger partial charge >= 0.3 is 0 Å². The van der Waals surface area contributed by atoms with E-state index in [2.05, 4.69) is 20.9 Å². The summed E-state index contributed by atoms with van der Waals surface area (Å²) in [5, 5.41) is 8.74. The quantitative estimate of drug-likeness (QED) is 0.0866. The second-order valence-electron chi connectivity index (χ2n) is 18.7. The molecule has 16 nitrogen and oxygen atoms in total. The molecule has 1 aromatic carbocycles. The molecule has 2 saturated heterocycles. The summed E-state index contributed by atoms with van der Waals surface area (Å²) in [5.74, 6) is -2.81. The number of nitrogens with zero attached hydrogens (tertiary/aromatic N) is 4. The van der Waals surface area contributed by atoms with E-state index in [0.717, 1.165) is 50.8 Å². The smallest absolute Gasteiger partial charge is 0.253 e. The molecule has 8 atom stereocenters. The lowest BCUT2D eigenvalue weighted by molar-refractivity contribution is -0.143. The van der Waals surface area contributed by atoms with Crippen LogP contribution in [0.4, 0.5) is 0 Å². The lowest BCUT2D eigenvalue weighted by atomic mass is 9.92. The van der Waals surface area contributed by atoms with E-state index < -0.39 is 47.7 Å². The highest BCUT2D eigenvalue weighted by molar-refractivity contribution is 6.12. The molecule has 0 bridgehead atoms. The van der Waals surface area contributed by atoms with Gasteiger partial charge in [0, 0.05) is 64.9 Å². The maximum Gasteiger partial charge on any atom is 0.253 e. The molecule has 1 aromatic rings. The normalized spacial score (nSPS) is 22.0. The summed E-state index contributed by atoms with van der Waals surface area (Å²) in [6, 6.07) is 7.08. The van der Waals surface area contributed by atoms with Crippen LogP contribution in [0.5, 0.6) is 0 Å². The molecule has 6 amide bonds. The second kappa shape index (κ2) is 25.5. The summed E-state index contributed by atoms with van der Waals surface area (Å²) in [5.41, 5.74) is 0.125. The maximum absolute atomic E-state index is 14.1. The molecule has 3 N–H and O–H groups in total. The Kier molecular flexibility index (Phi) is 20.9. The van der Waals surface area contributed by atoms with Crippen molar-refractivity contribution in [2.24, 2.45) is 11.8 Å². The largest absolute Gasteiger partial charge is 0.379 e. The molecular formula is C49H77N7O9. The fourth-order valence-corrected chi connectivity index (χ4v) is 9.88. The number of amides is 6. The molecule has 0 aromatic heterocycles. The number of ether oxygens (including phenoxy) is 2. The molecule has 362 valence electrons. The number of likely N-dealkylation sites (N-methyl/N-ethyl adjacent to an activating group) is 2. The number of hydrogen-bond acceptors (Lipinski definition) is 12. The Morgan fingerprint density at radius 2 is 1.54 bits per heavy atom. The highest BCUT2D eigenvalue weighted by atomic mass is 16.5. The van der Waals surface area contributed by atoms with Crippen molar-refractivity contribution in [3.63, 3.8) is 0 Å². The fourth-order valence-electron chi connectivity index (χ4n) is 9.88. The number of nitrogens with one attached hydrogen (secondary N) is 3. The van der Waals surface area contributed by atoms with E-state index in [0.29, 0.717) is 51.7 Å². The van der Waals surface area contributed by atoms with Crippen molar-refractivity contribution in [3.8, 4) is 0 Å². The van der Waals surface area contributed by atoms with Gasteiger partial charge in [0.2, 0.25) is 23.6 Å². The Bertz CT molecular complexity index is 1790. The van der Waals surface area contributed by atoms with Crippen LogP contribution < -0.4 is 16.0 Å². The van der Waals surface area contributed by atoms with Crippen LogP contribution in [-0.4, -0.2) is 164 Å². The number of hydrogen-bond donors (Lipinski definition) is 3. The number of carbonyl (C=O) groups is 7. The van der Waals surface area contributed by atoms with Gasteiger partial charge in [-0.15, -0.1) is 0 Å². The van der Waals surface area contributed by atoms with Gasteiger partial charge in [-0.3, -0.25) is 58.5 Å². The first-order chi connectivity index (χ1) is 31.0. The zero-order valence-corrected chi connectivity index (χ0v) is 40.4. The predicted molar refractivity (Wildman–Crippen MR) is 248 cm³/mol. The van der Waals surface area contributed by atoms with Gasteiger partial charge in [-0.05, 0) is 90.5 Å². The number of Topliss-reactive ketones (excluding diaryl/α,β-unsaturated/α-hetero) is 1. The van der Waals surface area contributed by atoms with Crippen LogP contribution >= 0.6 is 0 Å². The van der Waals surface area contributed by atoms with Gasteiger partial charge in [0.15, 0.2) is 5.78 Å². The fraction of sp³-hybridized carbons (Fsp3) is 0.694. The monoisotopic (exact) mass is 908 g/mol. The highest BCUT2D eigenvalue weighted by Crippen LogP contribution is 2.30. The van der Waals surface area contributed by atoms with E-state index in [-0.39, 0.29) is 53.7 Å². The first-order valence-corrected chi connectivity index (χ1v) is 23.7. The van der Waals surface area contributed by atoms with Gasteiger partial charge in [0.25, 0.3) is 11.8 Å². The number of likely N-dealkylation sites (tertiary alicyclic amines) is 2.